The average molecular weight is 456 g/mol. The third kappa shape index (κ3) is 10.3. The van der Waals surface area contributed by atoms with Crippen LogP contribution in [-0.2, 0) is 17.9 Å². The summed E-state index contributed by atoms with van der Waals surface area (Å²) >= 11 is 0. The highest BCUT2D eigenvalue weighted by atomic mass is 35.5. The summed E-state index contributed by atoms with van der Waals surface area (Å²) in [5.74, 6) is 0.366. The SMILES string of the molecule is CCN1CCN(Cc2ccc(CNC(=O)[C@@H](N)CC(C)C)cc2)CC1.Cl.Cl.Cl. The van der Waals surface area contributed by atoms with Crippen molar-refractivity contribution in [1.29, 1.82) is 0 Å². The van der Waals surface area contributed by atoms with E-state index in [-0.39, 0.29) is 43.1 Å². The predicted molar refractivity (Wildman–Crippen MR) is 125 cm³/mol. The van der Waals surface area contributed by atoms with Crippen molar-refractivity contribution in [3.63, 3.8) is 0 Å². The van der Waals surface area contributed by atoms with Crippen LogP contribution in [0.3, 0.4) is 0 Å². The molecule has 0 aliphatic carbocycles. The Labute approximate surface area is 189 Å². The molecule has 0 unspecified atom stereocenters. The first kappa shape index (κ1) is 29.6. The largest absolute Gasteiger partial charge is 0.351 e. The molecule has 1 aromatic rings. The van der Waals surface area contributed by atoms with Crippen LogP contribution >= 0.6 is 37.2 Å². The Balaban J connectivity index is 0. The van der Waals surface area contributed by atoms with E-state index in [1.807, 2.05) is 0 Å². The summed E-state index contributed by atoms with van der Waals surface area (Å²) in [4.78, 5) is 17.0. The van der Waals surface area contributed by atoms with Crippen molar-refractivity contribution in [2.45, 2.75) is 46.3 Å². The number of rotatable bonds is 8. The van der Waals surface area contributed by atoms with Crippen molar-refractivity contribution in [1.82, 2.24) is 15.1 Å². The van der Waals surface area contributed by atoms with Gasteiger partial charge in [0.15, 0.2) is 0 Å². The predicted octanol–water partition coefficient (Wildman–Crippen LogP) is 3.08. The van der Waals surface area contributed by atoms with Crippen LogP contribution in [0.4, 0.5) is 0 Å². The molecule has 1 fully saturated rings. The quantitative estimate of drug-likeness (QED) is 0.632. The normalized spacial score (nSPS) is 15.8. The molecule has 0 spiro atoms. The molecular weight excluding hydrogens is 419 g/mol. The van der Waals surface area contributed by atoms with Crippen molar-refractivity contribution in [2.75, 3.05) is 32.7 Å². The molecule has 0 saturated carbocycles. The molecule has 1 amide bonds. The van der Waals surface area contributed by atoms with E-state index in [9.17, 15) is 4.79 Å². The van der Waals surface area contributed by atoms with Gasteiger partial charge in [-0.15, -0.1) is 37.2 Å². The zero-order valence-corrected chi connectivity index (χ0v) is 19.7. The number of carbonyl (C=O) groups is 1. The molecule has 1 aromatic carbocycles. The molecule has 2 rings (SSSR count). The summed E-state index contributed by atoms with van der Waals surface area (Å²) in [5.41, 5.74) is 8.35. The van der Waals surface area contributed by atoms with E-state index in [2.05, 4.69) is 60.2 Å². The van der Waals surface area contributed by atoms with Crippen LogP contribution < -0.4 is 11.1 Å². The number of nitrogens with two attached hydrogens (primary N) is 1. The van der Waals surface area contributed by atoms with Crippen LogP contribution in [0.5, 0.6) is 0 Å². The van der Waals surface area contributed by atoms with Crippen molar-refractivity contribution < 1.29 is 4.79 Å². The highest BCUT2D eigenvalue weighted by Gasteiger charge is 2.16. The lowest BCUT2D eigenvalue weighted by molar-refractivity contribution is -0.122. The minimum Gasteiger partial charge on any atom is -0.351 e. The maximum Gasteiger partial charge on any atom is 0.237 e. The molecule has 0 aromatic heterocycles. The van der Waals surface area contributed by atoms with E-state index < -0.39 is 6.04 Å². The standard InChI is InChI=1S/C20H34N4O.3ClH/c1-4-23-9-11-24(12-10-23)15-18-7-5-17(6-8-18)14-22-20(25)19(21)13-16(2)3;;;/h5-8,16,19H,4,9-15,21H2,1-3H3,(H,22,25);3*1H/t19-;;;/m0.../s1. The number of benzene rings is 1. The summed E-state index contributed by atoms with van der Waals surface area (Å²) in [7, 11) is 0. The van der Waals surface area contributed by atoms with E-state index in [1.165, 1.54) is 5.56 Å². The van der Waals surface area contributed by atoms with Gasteiger partial charge < -0.3 is 16.0 Å². The van der Waals surface area contributed by atoms with Crippen LogP contribution in [0.25, 0.3) is 0 Å². The molecule has 164 valence electrons. The molecule has 5 nitrogen and oxygen atoms in total. The van der Waals surface area contributed by atoms with Gasteiger partial charge in [0.1, 0.15) is 0 Å². The maximum atomic E-state index is 12.0. The molecule has 1 atom stereocenters. The molecule has 1 aliphatic rings. The molecule has 3 N–H and O–H groups in total. The number of nitrogens with zero attached hydrogens (tertiary/aromatic N) is 2. The first-order chi connectivity index (χ1) is 12.0. The fourth-order valence-corrected chi connectivity index (χ4v) is 3.22. The van der Waals surface area contributed by atoms with Gasteiger partial charge in [0.05, 0.1) is 6.04 Å². The number of halogens is 3. The monoisotopic (exact) mass is 454 g/mol. The number of carbonyl (C=O) groups excluding carboxylic acids is 1. The highest BCUT2D eigenvalue weighted by Crippen LogP contribution is 2.10. The van der Waals surface area contributed by atoms with Gasteiger partial charge in [0, 0.05) is 39.3 Å². The average Bonchev–Trinajstić information content (AvgIpc) is 2.61. The number of likely N-dealkylation sites (N-methyl/N-ethyl adjacent to an activating group) is 1. The molecule has 1 aliphatic heterocycles. The summed E-state index contributed by atoms with van der Waals surface area (Å²) in [6.45, 7) is 13.7. The van der Waals surface area contributed by atoms with Crippen molar-refractivity contribution in [3.05, 3.63) is 35.4 Å². The summed E-state index contributed by atoms with van der Waals surface area (Å²) in [5, 5.41) is 2.94. The molecule has 0 bridgehead atoms. The van der Waals surface area contributed by atoms with Crippen molar-refractivity contribution >= 4 is 43.1 Å². The summed E-state index contributed by atoms with van der Waals surface area (Å²) in [6, 6.07) is 8.13. The summed E-state index contributed by atoms with van der Waals surface area (Å²) < 4.78 is 0. The lowest BCUT2D eigenvalue weighted by atomic mass is 10.0. The zero-order valence-electron chi connectivity index (χ0n) is 17.2. The van der Waals surface area contributed by atoms with Crippen LogP contribution in [-0.4, -0.2) is 54.5 Å². The van der Waals surface area contributed by atoms with Gasteiger partial charge in [0.25, 0.3) is 0 Å². The topological polar surface area (TPSA) is 61.6 Å². The van der Waals surface area contributed by atoms with Gasteiger partial charge in [-0.05, 0) is 30.0 Å². The third-order valence-corrected chi connectivity index (χ3v) is 4.87. The Morgan fingerprint density at radius 1 is 1.00 bits per heavy atom. The first-order valence-corrected chi connectivity index (χ1v) is 9.53. The fourth-order valence-electron chi connectivity index (χ4n) is 3.22. The van der Waals surface area contributed by atoms with Crippen LogP contribution in [0.2, 0.25) is 0 Å². The number of hydrogen-bond acceptors (Lipinski definition) is 4. The molecule has 0 radical (unpaired) electrons. The van der Waals surface area contributed by atoms with E-state index in [0.717, 1.165) is 51.3 Å². The van der Waals surface area contributed by atoms with Gasteiger partial charge in [-0.3, -0.25) is 9.69 Å². The van der Waals surface area contributed by atoms with Crippen LogP contribution in [0, 0.1) is 5.92 Å². The Hall–Kier alpha value is -0.560. The number of nitrogens with one attached hydrogen (secondary N) is 1. The molecule has 28 heavy (non-hydrogen) atoms. The zero-order chi connectivity index (χ0) is 18.2. The molecule has 8 heteroatoms. The van der Waals surface area contributed by atoms with E-state index >= 15 is 0 Å². The number of hydrogen-bond donors (Lipinski definition) is 2. The minimum atomic E-state index is -0.416. The number of piperazine rings is 1. The Morgan fingerprint density at radius 3 is 2.00 bits per heavy atom. The second kappa shape index (κ2) is 15.3. The second-order valence-corrected chi connectivity index (χ2v) is 7.48. The third-order valence-electron chi connectivity index (χ3n) is 4.87. The van der Waals surface area contributed by atoms with E-state index in [4.69, 9.17) is 5.73 Å². The van der Waals surface area contributed by atoms with Gasteiger partial charge in [-0.1, -0.05) is 45.0 Å². The van der Waals surface area contributed by atoms with Gasteiger partial charge in [-0.2, -0.15) is 0 Å². The Bertz CT molecular complexity index is 535. The smallest absolute Gasteiger partial charge is 0.237 e. The maximum absolute atomic E-state index is 12.0. The first-order valence-electron chi connectivity index (χ1n) is 9.53. The van der Waals surface area contributed by atoms with Crippen molar-refractivity contribution in [3.8, 4) is 0 Å². The Morgan fingerprint density at radius 2 is 1.50 bits per heavy atom. The lowest BCUT2D eigenvalue weighted by Gasteiger charge is -2.34. The fraction of sp³-hybridized carbons (Fsp3) is 0.650. The van der Waals surface area contributed by atoms with E-state index in [1.54, 1.807) is 0 Å². The van der Waals surface area contributed by atoms with Gasteiger partial charge in [0.2, 0.25) is 5.91 Å². The van der Waals surface area contributed by atoms with E-state index in [0.29, 0.717) is 12.5 Å². The second-order valence-electron chi connectivity index (χ2n) is 7.48. The molecule has 1 saturated heterocycles. The van der Waals surface area contributed by atoms with Gasteiger partial charge >= 0.3 is 0 Å². The van der Waals surface area contributed by atoms with Crippen LogP contribution in [0.15, 0.2) is 24.3 Å². The molecular formula is C20H37Cl3N4O. The van der Waals surface area contributed by atoms with Crippen LogP contribution in [0.1, 0.15) is 38.3 Å². The Kier molecular flexibility index (Phi) is 16.2. The van der Waals surface area contributed by atoms with Gasteiger partial charge in [-0.25, -0.2) is 0 Å². The number of amides is 1. The highest BCUT2D eigenvalue weighted by molar-refractivity contribution is 5.86. The van der Waals surface area contributed by atoms with Crippen molar-refractivity contribution in [2.24, 2.45) is 11.7 Å². The minimum absolute atomic E-state index is 0. The lowest BCUT2D eigenvalue weighted by Crippen LogP contribution is -2.45. The molecule has 1 heterocycles. The summed E-state index contributed by atoms with van der Waals surface area (Å²) in [6.07, 6.45) is 0.718.